The van der Waals surface area contributed by atoms with Crippen LogP contribution in [-0.4, -0.2) is 54.7 Å². The molecule has 1 aliphatic heterocycles. The van der Waals surface area contributed by atoms with Gasteiger partial charge in [0, 0.05) is 35.7 Å². The van der Waals surface area contributed by atoms with E-state index in [1.165, 1.54) is 25.9 Å². The maximum Gasteiger partial charge on any atom is 0.119 e. The molecule has 4 heteroatoms. The SMILES string of the molecule is CN(CCOc1ccc(Br)cc1)C1CCN(C(C)(C)C)CC1. The molecular weight excluding hydrogens is 340 g/mol. The fraction of sp³-hybridized carbons (Fsp3) is 0.667. The van der Waals surface area contributed by atoms with Gasteiger partial charge < -0.3 is 4.74 Å². The molecule has 1 aliphatic rings. The van der Waals surface area contributed by atoms with Gasteiger partial charge in [0.1, 0.15) is 12.4 Å². The summed E-state index contributed by atoms with van der Waals surface area (Å²) in [4.78, 5) is 5.05. The van der Waals surface area contributed by atoms with E-state index in [1.807, 2.05) is 24.3 Å². The van der Waals surface area contributed by atoms with Crippen LogP contribution in [0.4, 0.5) is 0 Å². The number of rotatable bonds is 5. The molecule has 1 aromatic carbocycles. The quantitative estimate of drug-likeness (QED) is 0.780. The number of likely N-dealkylation sites (N-methyl/N-ethyl adjacent to an activating group) is 1. The first-order valence-corrected chi connectivity index (χ1v) is 8.99. The van der Waals surface area contributed by atoms with Crippen LogP contribution in [0, 0.1) is 0 Å². The third kappa shape index (κ3) is 5.25. The summed E-state index contributed by atoms with van der Waals surface area (Å²) in [6.07, 6.45) is 2.51. The van der Waals surface area contributed by atoms with Crippen molar-refractivity contribution in [2.75, 3.05) is 33.3 Å². The molecule has 0 radical (unpaired) electrons. The number of piperidine rings is 1. The average molecular weight is 369 g/mol. The molecule has 0 N–H and O–H groups in total. The summed E-state index contributed by atoms with van der Waals surface area (Å²) in [5.41, 5.74) is 0.300. The molecule has 0 unspecified atom stereocenters. The molecule has 1 saturated heterocycles. The predicted octanol–water partition coefficient (Wildman–Crippen LogP) is 4.02. The number of ether oxygens (including phenoxy) is 1. The van der Waals surface area contributed by atoms with Crippen LogP contribution < -0.4 is 4.74 Å². The van der Waals surface area contributed by atoms with Crippen LogP contribution in [0.25, 0.3) is 0 Å². The lowest BCUT2D eigenvalue weighted by Gasteiger charge is -2.43. The van der Waals surface area contributed by atoms with Crippen LogP contribution in [0.1, 0.15) is 33.6 Å². The molecule has 1 aromatic rings. The second-order valence-electron chi connectivity index (χ2n) is 7.17. The van der Waals surface area contributed by atoms with Crippen LogP contribution in [0.3, 0.4) is 0 Å². The van der Waals surface area contributed by atoms with E-state index < -0.39 is 0 Å². The molecule has 3 nitrogen and oxygen atoms in total. The number of halogens is 1. The second kappa shape index (κ2) is 7.80. The summed E-state index contributed by atoms with van der Waals surface area (Å²) < 4.78 is 6.91. The lowest BCUT2D eigenvalue weighted by atomic mass is 9.97. The van der Waals surface area contributed by atoms with E-state index in [1.54, 1.807) is 0 Å². The van der Waals surface area contributed by atoms with E-state index >= 15 is 0 Å². The Morgan fingerprint density at radius 1 is 1.18 bits per heavy atom. The largest absolute Gasteiger partial charge is 0.492 e. The summed E-state index contributed by atoms with van der Waals surface area (Å²) in [7, 11) is 2.22. The summed E-state index contributed by atoms with van der Waals surface area (Å²) in [5, 5.41) is 0. The molecule has 0 saturated carbocycles. The van der Waals surface area contributed by atoms with E-state index in [9.17, 15) is 0 Å². The van der Waals surface area contributed by atoms with Crippen molar-refractivity contribution in [1.82, 2.24) is 9.80 Å². The van der Waals surface area contributed by atoms with Crippen molar-refractivity contribution in [1.29, 1.82) is 0 Å². The Morgan fingerprint density at radius 3 is 2.32 bits per heavy atom. The molecule has 0 aromatic heterocycles. The fourth-order valence-corrected chi connectivity index (χ4v) is 3.26. The van der Waals surface area contributed by atoms with Crippen molar-refractivity contribution in [2.45, 2.75) is 45.2 Å². The van der Waals surface area contributed by atoms with Gasteiger partial charge in [0.2, 0.25) is 0 Å². The Balaban J connectivity index is 1.70. The van der Waals surface area contributed by atoms with Gasteiger partial charge >= 0.3 is 0 Å². The molecule has 2 rings (SSSR count). The topological polar surface area (TPSA) is 15.7 Å². The highest BCUT2D eigenvalue weighted by atomic mass is 79.9. The smallest absolute Gasteiger partial charge is 0.119 e. The van der Waals surface area contributed by atoms with E-state index in [0.29, 0.717) is 11.6 Å². The molecule has 0 amide bonds. The number of likely N-dealkylation sites (tertiary alicyclic amines) is 1. The molecule has 0 aliphatic carbocycles. The molecule has 0 atom stereocenters. The minimum absolute atomic E-state index is 0.300. The number of hydrogen-bond acceptors (Lipinski definition) is 3. The Morgan fingerprint density at radius 2 is 1.77 bits per heavy atom. The van der Waals surface area contributed by atoms with E-state index in [4.69, 9.17) is 4.74 Å². The predicted molar refractivity (Wildman–Crippen MR) is 96.6 cm³/mol. The molecule has 0 spiro atoms. The van der Waals surface area contributed by atoms with Crippen molar-refractivity contribution in [3.05, 3.63) is 28.7 Å². The zero-order valence-electron chi connectivity index (χ0n) is 14.3. The van der Waals surface area contributed by atoms with Crippen LogP contribution in [-0.2, 0) is 0 Å². The van der Waals surface area contributed by atoms with Gasteiger partial charge in [-0.3, -0.25) is 9.80 Å². The molecule has 124 valence electrons. The van der Waals surface area contributed by atoms with Crippen LogP contribution in [0.5, 0.6) is 5.75 Å². The Hall–Kier alpha value is -0.580. The van der Waals surface area contributed by atoms with Gasteiger partial charge in [0.25, 0.3) is 0 Å². The van der Waals surface area contributed by atoms with Crippen LogP contribution in [0.2, 0.25) is 0 Å². The maximum absolute atomic E-state index is 5.82. The standard InChI is InChI=1S/C18H29BrN2O/c1-18(2,3)21-11-9-16(10-12-21)20(4)13-14-22-17-7-5-15(19)6-8-17/h5-8,16H,9-14H2,1-4H3. The first-order chi connectivity index (χ1) is 10.4. The van der Waals surface area contributed by atoms with Gasteiger partial charge in [-0.2, -0.15) is 0 Å². The maximum atomic E-state index is 5.82. The van der Waals surface area contributed by atoms with Crippen LogP contribution in [0.15, 0.2) is 28.7 Å². The molecule has 1 heterocycles. The summed E-state index contributed by atoms with van der Waals surface area (Å²) in [6, 6.07) is 8.73. The summed E-state index contributed by atoms with van der Waals surface area (Å²) >= 11 is 3.44. The Labute approximate surface area is 143 Å². The minimum Gasteiger partial charge on any atom is -0.492 e. The van der Waals surface area contributed by atoms with Crippen molar-refractivity contribution in [3.63, 3.8) is 0 Å². The molecule has 22 heavy (non-hydrogen) atoms. The Kier molecular flexibility index (Phi) is 6.30. The van der Waals surface area contributed by atoms with E-state index in [-0.39, 0.29) is 0 Å². The summed E-state index contributed by atoms with van der Waals surface area (Å²) in [5.74, 6) is 0.944. The zero-order valence-corrected chi connectivity index (χ0v) is 15.9. The average Bonchev–Trinajstić information content (AvgIpc) is 2.48. The monoisotopic (exact) mass is 368 g/mol. The van der Waals surface area contributed by atoms with Gasteiger partial charge in [-0.25, -0.2) is 0 Å². The second-order valence-corrected chi connectivity index (χ2v) is 8.09. The lowest BCUT2D eigenvalue weighted by Crippen LogP contribution is -2.50. The van der Waals surface area contributed by atoms with Crippen molar-refractivity contribution < 1.29 is 4.74 Å². The normalized spacial score (nSPS) is 17.9. The first kappa shape index (κ1) is 17.8. The first-order valence-electron chi connectivity index (χ1n) is 8.20. The highest BCUT2D eigenvalue weighted by Gasteiger charge is 2.28. The van der Waals surface area contributed by atoms with Gasteiger partial charge in [0.05, 0.1) is 0 Å². The molecule has 0 bridgehead atoms. The lowest BCUT2D eigenvalue weighted by molar-refractivity contribution is 0.0611. The van der Waals surface area contributed by atoms with E-state index in [0.717, 1.165) is 23.4 Å². The number of nitrogens with zero attached hydrogens (tertiary/aromatic N) is 2. The third-order valence-electron chi connectivity index (χ3n) is 4.56. The van der Waals surface area contributed by atoms with Gasteiger partial charge in [-0.05, 0) is 64.9 Å². The van der Waals surface area contributed by atoms with Crippen LogP contribution >= 0.6 is 15.9 Å². The fourth-order valence-electron chi connectivity index (χ4n) is 3.00. The van der Waals surface area contributed by atoms with Crippen molar-refractivity contribution >= 4 is 15.9 Å². The number of benzene rings is 1. The minimum atomic E-state index is 0.300. The van der Waals surface area contributed by atoms with Gasteiger partial charge in [-0.1, -0.05) is 15.9 Å². The van der Waals surface area contributed by atoms with Crippen molar-refractivity contribution in [2.24, 2.45) is 0 Å². The highest BCUT2D eigenvalue weighted by molar-refractivity contribution is 9.10. The Bertz CT molecular complexity index is 447. The zero-order chi connectivity index (χ0) is 16.2. The molecule has 1 fully saturated rings. The highest BCUT2D eigenvalue weighted by Crippen LogP contribution is 2.22. The van der Waals surface area contributed by atoms with E-state index in [2.05, 4.69) is 53.5 Å². The number of hydrogen-bond donors (Lipinski definition) is 0. The van der Waals surface area contributed by atoms with Gasteiger partial charge in [0.15, 0.2) is 0 Å². The van der Waals surface area contributed by atoms with Gasteiger partial charge in [-0.15, -0.1) is 0 Å². The summed E-state index contributed by atoms with van der Waals surface area (Å²) in [6.45, 7) is 11.1. The van der Waals surface area contributed by atoms with Crippen molar-refractivity contribution in [3.8, 4) is 5.75 Å². The molecular formula is C18H29BrN2O. The third-order valence-corrected chi connectivity index (χ3v) is 5.09.